The molecule has 0 aliphatic carbocycles. The number of benzene rings is 2. The fraction of sp³-hybridized carbons (Fsp3) is 0.308. The zero-order chi connectivity index (χ0) is 30.2. The van der Waals surface area contributed by atoms with Crippen molar-refractivity contribution in [1.29, 1.82) is 0 Å². The van der Waals surface area contributed by atoms with Crippen molar-refractivity contribution in [3.05, 3.63) is 59.7 Å². The standard InChI is InChI=1S/2C13H16N2O5.Zn/c2*1-14-9-4-2-8(3-5-9)12(18)15-10(13(19)20)6-7-11(16)17;/h2*2-5,10,14H,6-7H2,1H3,(H,15,18)(H,16,17)(H,19,20);/q;;+2/p-2/t10-;;/m0../s1. The van der Waals surface area contributed by atoms with Gasteiger partial charge in [-0.1, -0.05) is 0 Å². The summed E-state index contributed by atoms with van der Waals surface area (Å²) < 4.78 is 0. The second kappa shape index (κ2) is 18.7. The number of carboxylic acids is 4. The van der Waals surface area contributed by atoms with Gasteiger partial charge >= 0.3 is 31.4 Å². The van der Waals surface area contributed by atoms with E-state index in [2.05, 4.69) is 21.3 Å². The third kappa shape index (κ3) is 13.9. The molecule has 0 radical (unpaired) electrons. The number of nitrogens with one attached hydrogen (secondary N) is 4. The van der Waals surface area contributed by atoms with Gasteiger partial charge in [0.25, 0.3) is 11.8 Å². The number of carbonyl (C=O) groups is 6. The minimum Gasteiger partial charge on any atom is -0.550 e. The quantitative estimate of drug-likeness (QED) is 0.137. The van der Waals surface area contributed by atoms with Crippen LogP contribution < -0.4 is 31.5 Å². The molecule has 0 aromatic heterocycles. The fourth-order valence-electron chi connectivity index (χ4n) is 3.10. The number of anilines is 2. The van der Waals surface area contributed by atoms with Crippen molar-refractivity contribution >= 4 is 47.1 Å². The number of aliphatic carboxylic acids is 4. The number of carbonyl (C=O) groups excluding carboxylic acids is 4. The molecule has 0 saturated heterocycles. The van der Waals surface area contributed by atoms with Gasteiger partial charge in [-0.15, -0.1) is 0 Å². The molecule has 15 heteroatoms. The molecule has 6 N–H and O–H groups in total. The summed E-state index contributed by atoms with van der Waals surface area (Å²) in [6.45, 7) is 0. The largest absolute Gasteiger partial charge is 2.00 e. The van der Waals surface area contributed by atoms with Gasteiger partial charge in [0.1, 0.15) is 12.1 Å². The van der Waals surface area contributed by atoms with E-state index in [9.17, 15) is 39.0 Å². The van der Waals surface area contributed by atoms with Gasteiger partial charge in [-0.3, -0.25) is 9.59 Å². The first kappa shape index (κ1) is 36.5. The minimum absolute atomic E-state index is 0. The Morgan fingerprint density at radius 2 is 0.927 bits per heavy atom. The molecule has 1 unspecified atom stereocenters. The molecule has 2 aromatic carbocycles. The van der Waals surface area contributed by atoms with E-state index < -0.39 is 60.6 Å². The zero-order valence-electron chi connectivity index (χ0n) is 22.5. The molecule has 2 rings (SSSR count). The first-order valence-corrected chi connectivity index (χ1v) is 11.9. The topological polar surface area (TPSA) is 237 Å². The van der Waals surface area contributed by atoms with Crippen LogP contribution in [0.2, 0.25) is 0 Å². The molecular formula is C26H30N4O10Zn. The number of hydrogen-bond donors (Lipinski definition) is 6. The molecule has 0 aliphatic heterocycles. The van der Waals surface area contributed by atoms with E-state index in [0.717, 1.165) is 11.4 Å². The van der Waals surface area contributed by atoms with Gasteiger partial charge in [0, 0.05) is 48.5 Å². The average molecular weight is 624 g/mol. The van der Waals surface area contributed by atoms with Crippen LogP contribution in [0.15, 0.2) is 48.5 Å². The first-order chi connectivity index (χ1) is 18.9. The Kier molecular flexibility index (Phi) is 16.7. The number of hydrogen-bond acceptors (Lipinski definition) is 10. The monoisotopic (exact) mass is 622 g/mol. The summed E-state index contributed by atoms with van der Waals surface area (Å²) in [6, 6.07) is 10.3. The molecular weight excluding hydrogens is 594 g/mol. The maximum Gasteiger partial charge on any atom is 2.00 e. The van der Waals surface area contributed by atoms with Crippen LogP contribution in [-0.4, -0.2) is 72.1 Å². The van der Waals surface area contributed by atoms with Crippen molar-refractivity contribution in [2.45, 2.75) is 37.8 Å². The SMILES string of the molecule is CNc1ccc(C(=O)NC(CCC(=O)[O-])C(=O)O)cc1.CNc1ccc(C(=O)N[C@@H](CCC(=O)[O-])C(=O)O)cc1.[Zn+2]. The third-order valence-corrected chi connectivity index (χ3v) is 5.35. The van der Waals surface area contributed by atoms with E-state index in [-0.39, 0.29) is 32.3 Å². The van der Waals surface area contributed by atoms with Crippen molar-refractivity contribution in [3.63, 3.8) is 0 Å². The van der Waals surface area contributed by atoms with Gasteiger partial charge in [0.15, 0.2) is 0 Å². The van der Waals surface area contributed by atoms with Gasteiger partial charge in [-0.25, -0.2) is 9.59 Å². The van der Waals surface area contributed by atoms with Gasteiger partial charge in [-0.05, 0) is 74.2 Å². The number of rotatable bonds is 14. The van der Waals surface area contributed by atoms with Gasteiger partial charge in [0.2, 0.25) is 0 Å². The summed E-state index contributed by atoms with van der Waals surface area (Å²) in [5, 5.41) is 48.8. The smallest absolute Gasteiger partial charge is 0.550 e. The summed E-state index contributed by atoms with van der Waals surface area (Å²) in [7, 11) is 3.46. The van der Waals surface area contributed by atoms with Crippen LogP contribution in [0.25, 0.3) is 0 Å². The van der Waals surface area contributed by atoms with Crippen molar-refractivity contribution in [2.24, 2.45) is 0 Å². The number of amides is 2. The second-order valence-electron chi connectivity index (χ2n) is 8.20. The molecule has 0 spiro atoms. The predicted molar refractivity (Wildman–Crippen MR) is 138 cm³/mol. The van der Waals surface area contributed by atoms with Gasteiger partial charge in [0.05, 0.1) is 0 Å². The summed E-state index contributed by atoms with van der Waals surface area (Å²) in [6.07, 6.45) is -1.32. The molecule has 14 nitrogen and oxygen atoms in total. The van der Waals surface area contributed by atoms with E-state index in [1.54, 1.807) is 62.6 Å². The maximum absolute atomic E-state index is 11.8. The molecule has 0 aliphatic rings. The average Bonchev–Trinajstić information content (AvgIpc) is 2.92. The molecule has 2 atom stereocenters. The summed E-state index contributed by atoms with van der Waals surface area (Å²) in [5.74, 6) is -6.43. The van der Waals surface area contributed by atoms with Crippen molar-refractivity contribution < 1.29 is 68.7 Å². The Morgan fingerprint density at radius 3 is 1.15 bits per heavy atom. The van der Waals surface area contributed by atoms with Crippen LogP contribution in [-0.2, 0) is 38.7 Å². The van der Waals surface area contributed by atoms with Crippen LogP contribution in [0.1, 0.15) is 46.4 Å². The molecule has 0 bridgehead atoms. The molecule has 216 valence electrons. The summed E-state index contributed by atoms with van der Waals surface area (Å²) >= 11 is 0. The minimum atomic E-state index is -1.36. The van der Waals surface area contributed by atoms with E-state index in [1.807, 2.05) is 0 Å². The Hall–Kier alpha value is -4.52. The summed E-state index contributed by atoms with van der Waals surface area (Å²) in [4.78, 5) is 66.2. The Bertz CT molecular complexity index is 1100. The number of carboxylic acid groups (broad SMARTS) is 4. The molecule has 0 saturated carbocycles. The van der Waals surface area contributed by atoms with Crippen molar-refractivity contribution in [2.75, 3.05) is 24.7 Å². The van der Waals surface area contributed by atoms with E-state index >= 15 is 0 Å². The van der Waals surface area contributed by atoms with Crippen LogP contribution in [0, 0.1) is 0 Å². The van der Waals surface area contributed by atoms with Crippen LogP contribution in [0.3, 0.4) is 0 Å². The Balaban J connectivity index is 0.000000762. The summed E-state index contributed by atoms with van der Waals surface area (Å²) in [5.41, 5.74) is 2.22. The Labute approximate surface area is 248 Å². The second-order valence-corrected chi connectivity index (χ2v) is 8.20. The van der Waals surface area contributed by atoms with E-state index in [4.69, 9.17) is 10.2 Å². The van der Waals surface area contributed by atoms with E-state index in [0.29, 0.717) is 11.1 Å². The van der Waals surface area contributed by atoms with E-state index in [1.165, 1.54) is 0 Å². The van der Waals surface area contributed by atoms with Crippen molar-refractivity contribution in [3.8, 4) is 0 Å². The van der Waals surface area contributed by atoms with Crippen LogP contribution in [0.4, 0.5) is 11.4 Å². The Morgan fingerprint density at radius 1 is 0.634 bits per heavy atom. The van der Waals surface area contributed by atoms with Crippen molar-refractivity contribution in [1.82, 2.24) is 10.6 Å². The molecule has 0 fully saturated rings. The zero-order valence-corrected chi connectivity index (χ0v) is 25.4. The molecule has 41 heavy (non-hydrogen) atoms. The third-order valence-electron chi connectivity index (χ3n) is 5.35. The van der Waals surface area contributed by atoms with Crippen LogP contribution in [0.5, 0.6) is 0 Å². The molecule has 2 aromatic rings. The fourth-order valence-corrected chi connectivity index (χ4v) is 3.10. The first-order valence-electron chi connectivity index (χ1n) is 11.9. The van der Waals surface area contributed by atoms with Gasteiger partial charge < -0.3 is 51.3 Å². The van der Waals surface area contributed by atoms with Gasteiger partial charge in [-0.2, -0.15) is 0 Å². The van der Waals surface area contributed by atoms with Crippen LogP contribution >= 0.6 is 0 Å². The predicted octanol–water partition coefficient (Wildman–Crippen LogP) is -1.12. The molecule has 0 heterocycles. The maximum atomic E-state index is 11.8. The normalized spacial score (nSPS) is 11.2. The molecule has 2 amide bonds.